The minimum absolute atomic E-state index is 0.166. The summed E-state index contributed by atoms with van der Waals surface area (Å²) in [6.07, 6.45) is 5.11. The van der Waals surface area contributed by atoms with Crippen LogP contribution >= 0.6 is 0 Å². The molecule has 2 aliphatic rings. The van der Waals surface area contributed by atoms with Crippen LogP contribution in [-0.2, 0) is 18.3 Å². The number of ether oxygens (including phenoxy) is 3. The Morgan fingerprint density at radius 1 is 1.12 bits per heavy atom. The van der Waals surface area contributed by atoms with Crippen LogP contribution in [0.3, 0.4) is 0 Å². The molecule has 0 spiro atoms. The fourth-order valence-electron chi connectivity index (χ4n) is 5.93. The van der Waals surface area contributed by atoms with Crippen LogP contribution in [0, 0.1) is 6.92 Å². The lowest BCUT2D eigenvalue weighted by Crippen LogP contribution is -2.39. The minimum Gasteiger partial charge on any atom is -0.479 e. The van der Waals surface area contributed by atoms with Gasteiger partial charge >= 0.3 is 0 Å². The highest BCUT2D eigenvalue weighted by atomic mass is 16.5. The number of amides is 1. The molecule has 1 amide bonds. The minimum atomic E-state index is -0.432. The third-order valence-corrected chi connectivity index (χ3v) is 8.34. The lowest BCUT2D eigenvalue weighted by Gasteiger charge is -2.33. The summed E-state index contributed by atoms with van der Waals surface area (Å²) in [5.41, 5.74) is 5.76. The molecule has 10 heteroatoms. The topological polar surface area (TPSA) is 115 Å². The number of nitrogens with one attached hydrogen (secondary N) is 2. The van der Waals surface area contributed by atoms with Gasteiger partial charge in [-0.3, -0.25) is 9.69 Å². The molecule has 42 heavy (non-hydrogen) atoms. The summed E-state index contributed by atoms with van der Waals surface area (Å²) in [5, 5.41) is 6.06. The molecule has 1 saturated heterocycles. The molecule has 3 heterocycles. The Kier molecular flexibility index (Phi) is 9.33. The molecule has 0 atom stereocenters. The van der Waals surface area contributed by atoms with E-state index in [-0.39, 0.29) is 28.6 Å². The molecule has 0 radical (unpaired) electrons. The van der Waals surface area contributed by atoms with E-state index in [1.165, 1.54) is 49.3 Å². The number of benzene rings is 1. The fraction of sp³-hybridized carbons (Fsp3) is 0.531. The number of morpholine rings is 1. The predicted octanol–water partition coefficient (Wildman–Crippen LogP) is 4.50. The zero-order chi connectivity index (χ0) is 29.7. The van der Waals surface area contributed by atoms with Crippen molar-refractivity contribution in [2.75, 3.05) is 64.2 Å². The number of aliphatic hydroxyl groups is 2. The summed E-state index contributed by atoms with van der Waals surface area (Å²) < 4.78 is 21.4. The molecule has 3 N–H and O–H groups in total. The first-order valence-electron chi connectivity index (χ1n) is 14.9. The average molecular weight is 579 g/mol. The normalized spacial score (nSPS) is 16.5. The molecule has 3 aromatic rings. The van der Waals surface area contributed by atoms with E-state index in [9.17, 15) is 4.79 Å². The van der Waals surface area contributed by atoms with Gasteiger partial charge in [0, 0.05) is 19.5 Å². The molecule has 1 aliphatic heterocycles. The Morgan fingerprint density at radius 3 is 2.57 bits per heavy atom. The zero-order valence-corrected chi connectivity index (χ0v) is 25.5. The first-order chi connectivity index (χ1) is 20.3. The maximum atomic E-state index is 13.2. The number of furan rings is 1. The van der Waals surface area contributed by atoms with Crippen LogP contribution in [0.2, 0.25) is 0 Å². The molecule has 0 saturated carbocycles. The quantitative estimate of drug-likeness (QED) is 0.253. The van der Waals surface area contributed by atoms with Crippen LogP contribution < -0.4 is 20.1 Å². The molecule has 0 unspecified atom stereocenters. The Morgan fingerprint density at radius 2 is 1.86 bits per heavy atom. The molecule has 1 aromatic carbocycles. The van der Waals surface area contributed by atoms with E-state index in [4.69, 9.17) is 13.9 Å². The van der Waals surface area contributed by atoms with Gasteiger partial charge in [0.15, 0.2) is 24.7 Å². The van der Waals surface area contributed by atoms with Gasteiger partial charge in [0.2, 0.25) is 17.7 Å². The van der Waals surface area contributed by atoms with Crippen LogP contribution in [0.4, 0.5) is 11.6 Å². The first kappa shape index (κ1) is 29.8. The average Bonchev–Trinajstić information content (AvgIpc) is 3.45. The van der Waals surface area contributed by atoms with Crippen molar-refractivity contribution in [3.8, 4) is 11.8 Å². The summed E-state index contributed by atoms with van der Waals surface area (Å²) in [7, 11) is 2.99. The number of anilines is 2. The highest BCUT2D eigenvalue weighted by molar-refractivity contribution is 6.03. The lowest BCUT2D eigenvalue weighted by atomic mass is 9.71. The van der Waals surface area contributed by atoms with Crippen LogP contribution in [0.5, 0.6) is 11.8 Å². The molecule has 1 fully saturated rings. The zero-order valence-electron chi connectivity index (χ0n) is 25.5. The highest BCUT2D eigenvalue weighted by Crippen LogP contribution is 2.38. The van der Waals surface area contributed by atoms with Crippen LogP contribution in [0.25, 0.3) is 0 Å². The largest absolute Gasteiger partial charge is 0.479 e. The van der Waals surface area contributed by atoms with Crippen LogP contribution in [0.15, 0.2) is 28.7 Å². The summed E-state index contributed by atoms with van der Waals surface area (Å²) in [4.78, 5) is 24.5. The summed E-state index contributed by atoms with van der Waals surface area (Å²) in [6, 6.07) is 8.20. The second-order valence-corrected chi connectivity index (χ2v) is 11.8. The third kappa shape index (κ3) is 6.87. The van der Waals surface area contributed by atoms with Crippen molar-refractivity contribution < 1.29 is 23.4 Å². The van der Waals surface area contributed by atoms with Crippen molar-refractivity contribution in [2.45, 2.75) is 58.3 Å². The van der Waals surface area contributed by atoms with E-state index < -0.39 is 5.91 Å². The van der Waals surface area contributed by atoms with E-state index in [1.54, 1.807) is 6.07 Å². The molecule has 10 nitrogen and oxygen atoms in total. The number of aromatic nitrogens is 2. The standard InChI is InChI=1S/C32H43N5O5/c1-21-18-22-8-6-11-32(2,3)25(22)20-23(21)19-24-9-10-26(42-24)28(38)34-27-29(39-4)35-31(36-30(27)40-5)33-12-7-13-37-14-16-41-17-15-37/h9-10,18,20H,6-8,11-17,19H2,1-5H3,(H,34,38)(H,33,35,36)/p+1. The number of carbonyl (C=O) groups is 1. The van der Waals surface area contributed by atoms with E-state index in [2.05, 4.69) is 63.1 Å². The van der Waals surface area contributed by atoms with Crippen molar-refractivity contribution in [3.05, 3.63) is 58.0 Å². The predicted molar refractivity (Wildman–Crippen MR) is 163 cm³/mol. The Bertz CT molecular complexity index is 1370. The van der Waals surface area contributed by atoms with Crippen molar-refractivity contribution >= 4 is 17.5 Å². The first-order valence-corrected chi connectivity index (χ1v) is 14.9. The maximum absolute atomic E-state index is 13.2. The van der Waals surface area contributed by atoms with Crippen molar-refractivity contribution in [1.29, 1.82) is 0 Å². The lowest BCUT2D eigenvalue weighted by molar-refractivity contribution is -0.0902. The fourth-order valence-corrected chi connectivity index (χ4v) is 5.93. The number of fused-ring (bicyclic) bond motifs is 1. The van der Waals surface area contributed by atoms with Crippen molar-refractivity contribution in [2.24, 2.45) is 0 Å². The van der Waals surface area contributed by atoms with Gasteiger partial charge < -0.3 is 29.3 Å². The van der Waals surface area contributed by atoms with Gasteiger partial charge in [0.1, 0.15) is 5.76 Å². The van der Waals surface area contributed by atoms with Gasteiger partial charge in [-0.2, -0.15) is 9.97 Å². The smallest absolute Gasteiger partial charge is 0.291 e. The second kappa shape index (κ2) is 13.1. The number of methoxy groups -OCH3 is 2. The summed E-state index contributed by atoms with van der Waals surface area (Å²) >= 11 is 0. The van der Waals surface area contributed by atoms with Gasteiger partial charge in [-0.25, -0.2) is 0 Å². The molecular formula is C32H44N5O5+. The number of rotatable bonds is 11. The molecule has 226 valence electrons. The number of carbonyl (C=O) groups excluding carboxylic acids is 1. The van der Waals surface area contributed by atoms with Gasteiger partial charge in [0.25, 0.3) is 5.91 Å². The van der Waals surface area contributed by atoms with E-state index in [0.717, 1.165) is 51.4 Å². The summed E-state index contributed by atoms with van der Waals surface area (Å²) in [6.45, 7) is 12.3. The number of nitrogens with zero attached hydrogens (tertiary/aromatic N) is 3. The van der Waals surface area contributed by atoms with E-state index >= 15 is 0 Å². The third-order valence-electron chi connectivity index (χ3n) is 8.34. The molecule has 5 rings (SSSR count). The van der Waals surface area contributed by atoms with Crippen LogP contribution in [0.1, 0.15) is 71.7 Å². The SMILES string of the molecule is COc1nc(NCCCN2CC[OH+]CC2)nc(OC)c1NC(=O)c1ccc(Cc2cc3c(cc2C)CCCC3(C)C)o1. The van der Waals surface area contributed by atoms with Gasteiger partial charge in [-0.15, -0.1) is 0 Å². The number of aryl methyl sites for hydroxylation is 2. The van der Waals surface area contributed by atoms with E-state index in [1.807, 2.05) is 6.07 Å². The second-order valence-electron chi connectivity index (χ2n) is 11.8. The van der Waals surface area contributed by atoms with Gasteiger partial charge in [0.05, 0.1) is 27.3 Å². The maximum Gasteiger partial charge on any atom is 0.291 e. The highest BCUT2D eigenvalue weighted by Gasteiger charge is 2.28. The molecule has 2 aromatic heterocycles. The number of hydrogen-bond donors (Lipinski definition) is 2. The Hall–Kier alpha value is -3.63. The van der Waals surface area contributed by atoms with Crippen LogP contribution in [-0.4, -0.2) is 79.1 Å². The Labute approximate surface area is 248 Å². The number of hydrogen-bond acceptors (Lipinski definition) is 8. The molecule has 0 bridgehead atoms. The molecular weight excluding hydrogens is 534 g/mol. The summed E-state index contributed by atoms with van der Waals surface area (Å²) in [5.74, 6) is 1.27. The van der Waals surface area contributed by atoms with Crippen molar-refractivity contribution in [3.63, 3.8) is 0 Å². The molecule has 1 aliphatic carbocycles. The Balaban J connectivity index is 1.24. The monoisotopic (exact) mass is 578 g/mol. The van der Waals surface area contributed by atoms with Crippen molar-refractivity contribution in [1.82, 2.24) is 14.9 Å². The van der Waals surface area contributed by atoms with Gasteiger partial charge in [-0.1, -0.05) is 26.0 Å². The van der Waals surface area contributed by atoms with Gasteiger partial charge in [-0.05, 0) is 72.4 Å². The van der Waals surface area contributed by atoms with E-state index in [0.29, 0.717) is 18.9 Å².